The summed E-state index contributed by atoms with van der Waals surface area (Å²) in [6, 6.07) is 3.84. The summed E-state index contributed by atoms with van der Waals surface area (Å²) in [5.74, 6) is -0.309. The minimum absolute atomic E-state index is 0.0677. The van der Waals surface area contributed by atoms with Crippen LogP contribution >= 0.6 is 0 Å². The third-order valence-electron chi connectivity index (χ3n) is 2.55. The Balaban J connectivity index is 2.05. The van der Waals surface area contributed by atoms with Gasteiger partial charge in [0.1, 0.15) is 0 Å². The van der Waals surface area contributed by atoms with Gasteiger partial charge < -0.3 is 15.0 Å². The molecule has 0 radical (unpaired) electrons. The van der Waals surface area contributed by atoms with E-state index in [-0.39, 0.29) is 6.42 Å². The van der Waals surface area contributed by atoms with Crippen LogP contribution in [0.5, 0.6) is 0 Å². The molecule has 0 aliphatic rings. The lowest BCUT2D eigenvalue weighted by molar-refractivity contribution is -0.136. The minimum atomic E-state index is -0.829. The van der Waals surface area contributed by atoms with Crippen molar-refractivity contribution in [3.63, 3.8) is 0 Å². The third kappa shape index (κ3) is 2.85. The molecule has 0 aromatic carbocycles. The van der Waals surface area contributed by atoms with Crippen LogP contribution in [0.4, 0.5) is 5.95 Å². The van der Waals surface area contributed by atoms with Crippen molar-refractivity contribution in [3.8, 4) is 11.3 Å². The molecule has 0 bridgehead atoms. The first-order chi connectivity index (χ1) is 8.66. The monoisotopic (exact) mass is 246 g/mol. The van der Waals surface area contributed by atoms with Gasteiger partial charge in [-0.15, -0.1) is 0 Å². The predicted molar refractivity (Wildman–Crippen MR) is 67.3 cm³/mol. The highest BCUT2D eigenvalue weighted by molar-refractivity contribution is 5.67. The summed E-state index contributed by atoms with van der Waals surface area (Å²) in [4.78, 5) is 23.7. The van der Waals surface area contributed by atoms with Gasteiger partial charge in [0.15, 0.2) is 0 Å². The van der Waals surface area contributed by atoms with Crippen LogP contribution in [-0.4, -0.2) is 39.6 Å². The first kappa shape index (κ1) is 12.1. The Kier molecular flexibility index (Phi) is 3.57. The van der Waals surface area contributed by atoms with Gasteiger partial charge in [0, 0.05) is 43.4 Å². The zero-order valence-electron chi connectivity index (χ0n) is 10.00. The standard InChI is InChI=1S/C12H14N4O2/c1-16(6-4-11(17)18)12-14-7-9(8-15-12)10-3-2-5-13-10/h2-3,5,7-8,13H,4,6H2,1H3,(H,17,18). The third-order valence-corrected chi connectivity index (χ3v) is 2.55. The molecule has 2 aromatic rings. The van der Waals surface area contributed by atoms with E-state index >= 15 is 0 Å². The van der Waals surface area contributed by atoms with E-state index in [1.54, 1.807) is 24.3 Å². The van der Waals surface area contributed by atoms with Crippen LogP contribution in [0.1, 0.15) is 6.42 Å². The molecule has 2 heterocycles. The maximum absolute atomic E-state index is 10.5. The molecule has 2 aromatic heterocycles. The van der Waals surface area contributed by atoms with Gasteiger partial charge in [0.2, 0.25) is 5.95 Å². The summed E-state index contributed by atoms with van der Waals surface area (Å²) in [6.45, 7) is 0.386. The molecular formula is C12H14N4O2. The highest BCUT2D eigenvalue weighted by Gasteiger charge is 2.07. The maximum Gasteiger partial charge on any atom is 0.305 e. The number of aromatic amines is 1. The molecule has 0 spiro atoms. The van der Waals surface area contributed by atoms with Crippen molar-refractivity contribution >= 4 is 11.9 Å². The number of rotatable bonds is 5. The SMILES string of the molecule is CN(CCC(=O)O)c1ncc(-c2ccc[nH]2)cn1. The normalized spacial score (nSPS) is 10.3. The Hall–Kier alpha value is -2.37. The molecule has 0 unspecified atom stereocenters. The number of carboxylic acids is 1. The topological polar surface area (TPSA) is 82.1 Å². The zero-order valence-corrected chi connectivity index (χ0v) is 10.00. The highest BCUT2D eigenvalue weighted by Crippen LogP contribution is 2.16. The second-order valence-electron chi connectivity index (χ2n) is 3.92. The molecule has 18 heavy (non-hydrogen) atoms. The van der Waals surface area contributed by atoms with Crippen LogP contribution in [0.25, 0.3) is 11.3 Å². The van der Waals surface area contributed by atoms with Crippen molar-refractivity contribution in [1.82, 2.24) is 15.0 Å². The van der Waals surface area contributed by atoms with E-state index in [0.717, 1.165) is 11.3 Å². The molecule has 0 saturated heterocycles. The summed E-state index contributed by atoms with van der Waals surface area (Å²) in [6.07, 6.45) is 5.33. The van der Waals surface area contributed by atoms with Gasteiger partial charge in [-0.1, -0.05) is 0 Å². The van der Waals surface area contributed by atoms with Crippen molar-refractivity contribution < 1.29 is 9.90 Å². The number of aromatic nitrogens is 3. The van der Waals surface area contributed by atoms with E-state index < -0.39 is 5.97 Å². The molecule has 0 aliphatic carbocycles. The van der Waals surface area contributed by atoms with Gasteiger partial charge in [-0.3, -0.25) is 4.79 Å². The molecule has 2 rings (SSSR count). The maximum atomic E-state index is 10.5. The second-order valence-corrected chi connectivity index (χ2v) is 3.92. The lowest BCUT2D eigenvalue weighted by Crippen LogP contribution is -2.22. The van der Waals surface area contributed by atoms with Crippen molar-refractivity contribution in [2.24, 2.45) is 0 Å². The number of hydrogen-bond donors (Lipinski definition) is 2. The van der Waals surface area contributed by atoms with E-state index in [9.17, 15) is 4.79 Å². The van der Waals surface area contributed by atoms with Crippen LogP contribution in [0.2, 0.25) is 0 Å². The number of hydrogen-bond acceptors (Lipinski definition) is 4. The van der Waals surface area contributed by atoms with Crippen LogP contribution < -0.4 is 4.90 Å². The van der Waals surface area contributed by atoms with E-state index in [0.29, 0.717) is 12.5 Å². The summed E-state index contributed by atoms with van der Waals surface area (Å²) < 4.78 is 0. The van der Waals surface area contributed by atoms with E-state index in [4.69, 9.17) is 5.11 Å². The average Bonchev–Trinajstić information content (AvgIpc) is 2.90. The van der Waals surface area contributed by atoms with Gasteiger partial charge >= 0.3 is 5.97 Å². The van der Waals surface area contributed by atoms with E-state index in [1.165, 1.54) is 0 Å². The Bertz CT molecular complexity index is 507. The Morgan fingerprint density at radius 3 is 2.72 bits per heavy atom. The van der Waals surface area contributed by atoms with Crippen molar-refractivity contribution in [1.29, 1.82) is 0 Å². The number of aliphatic carboxylic acids is 1. The van der Waals surface area contributed by atoms with Gasteiger partial charge in [-0.05, 0) is 12.1 Å². The summed E-state index contributed by atoms with van der Waals surface area (Å²) in [7, 11) is 1.77. The fourth-order valence-corrected chi connectivity index (χ4v) is 1.53. The van der Waals surface area contributed by atoms with Crippen molar-refractivity contribution in [2.75, 3.05) is 18.5 Å². The lowest BCUT2D eigenvalue weighted by atomic mass is 10.2. The molecular weight excluding hydrogens is 232 g/mol. The fraction of sp³-hybridized carbons (Fsp3) is 0.250. The highest BCUT2D eigenvalue weighted by atomic mass is 16.4. The van der Waals surface area contributed by atoms with Gasteiger partial charge in [-0.25, -0.2) is 9.97 Å². The molecule has 0 aliphatic heterocycles. The van der Waals surface area contributed by atoms with Gasteiger partial charge in [-0.2, -0.15) is 0 Å². The van der Waals surface area contributed by atoms with Crippen LogP contribution in [0.3, 0.4) is 0 Å². The number of nitrogens with one attached hydrogen (secondary N) is 1. The van der Waals surface area contributed by atoms with Crippen molar-refractivity contribution in [3.05, 3.63) is 30.7 Å². The number of carboxylic acid groups (broad SMARTS) is 1. The molecule has 0 atom stereocenters. The largest absolute Gasteiger partial charge is 0.481 e. The summed E-state index contributed by atoms with van der Waals surface area (Å²) in [5.41, 5.74) is 1.85. The van der Waals surface area contributed by atoms with E-state index in [2.05, 4.69) is 15.0 Å². The number of carbonyl (C=O) groups is 1. The molecule has 6 nitrogen and oxygen atoms in total. The lowest BCUT2D eigenvalue weighted by Gasteiger charge is -2.15. The van der Waals surface area contributed by atoms with Crippen LogP contribution in [0.15, 0.2) is 30.7 Å². The Labute approximate surface area is 104 Å². The summed E-state index contributed by atoms with van der Waals surface area (Å²) >= 11 is 0. The smallest absolute Gasteiger partial charge is 0.305 e. The second kappa shape index (κ2) is 5.31. The Morgan fingerprint density at radius 2 is 2.17 bits per heavy atom. The number of anilines is 1. The first-order valence-electron chi connectivity index (χ1n) is 5.55. The molecule has 94 valence electrons. The molecule has 2 N–H and O–H groups in total. The van der Waals surface area contributed by atoms with Crippen LogP contribution in [0, 0.1) is 0 Å². The number of H-pyrrole nitrogens is 1. The molecule has 0 saturated carbocycles. The molecule has 0 fully saturated rings. The quantitative estimate of drug-likeness (QED) is 0.833. The Morgan fingerprint density at radius 1 is 1.44 bits per heavy atom. The van der Waals surface area contributed by atoms with E-state index in [1.807, 2.05) is 18.3 Å². The van der Waals surface area contributed by atoms with Gasteiger partial charge in [0.05, 0.1) is 6.42 Å². The molecule has 0 amide bonds. The zero-order chi connectivity index (χ0) is 13.0. The number of nitrogens with zero attached hydrogens (tertiary/aromatic N) is 3. The predicted octanol–water partition coefficient (Wildman–Crippen LogP) is 1.38. The average molecular weight is 246 g/mol. The fourth-order valence-electron chi connectivity index (χ4n) is 1.53. The van der Waals surface area contributed by atoms with Gasteiger partial charge in [0.25, 0.3) is 0 Å². The minimum Gasteiger partial charge on any atom is -0.481 e. The summed E-state index contributed by atoms with van der Waals surface area (Å²) in [5, 5.41) is 8.61. The molecule has 6 heteroatoms. The van der Waals surface area contributed by atoms with Crippen molar-refractivity contribution in [2.45, 2.75) is 6.42 Å². The van der Waals surface area contributed by atoms with Crippen LogP contribution in [-0.2, 0) is 4.79 Å². The first-order valence-corrected chi connectivity index (χ1v) is 5.55.